The lowest BCUT2D eigenvalue weighted by Gasteiger charge is -2.15. The third-order valence-electron chi connectivity index (χ3n) is 2.32. The third kappa shape index (κ3) is 3.33. The molecule has 1 heterocycles. The number of amides is 1. The molecular formula is C10H16BrNO2. The van der Waals surface area contributed by atoms with Gasteiger partial charge >= 0.3 is 0 Å². The van der Waals surface area contributed by atoms with Crippen LogP contribution in [0.1, 0.15) is 12.8 Å². The smallest absolute Gasteiger partial charge is 0.222 e. The predicted octanol–water partition coefficient (Wildman–Crippen LogP) is 1.78. The van der Waals surface area contributed by atoms with Gasteiger partial charge in [-0.15, -0.1) is 0 Å². The summed E-state index contributed by atoms with van der Waals surface area (Å²) in [6.07, 6.45) is 3.01. The molecule has 1 fully saturated rings. The Morgan fingerprint density at radius 1 is 1.71 bits per heavy atom. The van der Waals surface area contributed by atoms with Crippen molar-refractivity contribution in [1.29, 1.82) is 0 Å². The van der Waals surface area contributed by atoms with Gasteiger partial charge in [-0.05, 0) is 12.3 Å². The summed E-state index contributed by atoms with van der Waals surface area (Å²) in [5.41, 5.74) is 0. The maximum absolute atomic E-state index is 11.5. The first-order valence-electron chi connectivity index (χ1n) is 4.84. The Bertz CT molecular complexity index is 208. The molecule has 1 rings (SSSR count). The first-order chi connectivity index (χ1) is 6.77. The number of likely N-dealkylation sites (tertiary alicyclic amines) is 1. The number of hydrogen-bond donors (Lipinski definition) is 0. The van der Waals surface area contributed by atoms with Crippen LogP contribution in [-0.4, -0.2) is 35.8 Å². The zero-order chi connectivity index (χ0) is 10.4. The highest BCUT2D eigenvalue weighted by molar-refractivity contribution is 9.09. The van der Waals surface area contributed by atoms with Crippen molar-refractivity contribution in [1.82, 2.24) is 4.90 Å². The minimum atomic E-state index is 0.271. The van der Waals surface area contributed by atoms with E-state index in [1.165, 1.54) is 6.26 Å². The Labute approximate surface area is 93.2 Å². The van der Waals surface area contributed by atoms with Gasteiger partial charge in [0.15, 0.2) is 0 Å². The largest absolute Gasteiger partial charge is 0.502 e. The average molecular weight is 262 g/mol. The molecule has 1 atom stereocenters. The zero-order valence-electron chi connectivity index (χ0n) is 8.25. The van der Waals surface area contributed by atoms with Gasteiger partial charge in [-0.25, -0.2) is 0 Å². The molecule has 1 unspecified atom stereocenters. The van der Waals surface area contributed by atoms with E-state index in [0.29, 0.717) is 18.9 Å². The van der Waals surface area contributed by atoms with Crippen molar-refractivity contribution in [3.05, 3.63) is 12.8 Å². The molecule has 14 heavy (non-hydrogen) atoms. The molecule has 0 N–H and O–H groups in total. The van der Waals surface area contributed by atoms with Crippen molar-refractivity contribution < 1.29 is 9.53 Å². The predicted molar refractivity (Wildman–Crippen MR) is 59.2 cm³/mol. The van der Waals surface area contributed by atoms with Gasteiger partial charge in [0.05, 0.1) is 12.9 Å². The van der Waals surface area contributed by atoms with E-state index in [1.54, 1.807) is 0 Å². The number of ether oxygens (including phenoxy) is 1. The summed E-state index contributed by atoms with van der Waals surface area (Å²) in [7, 11) is 0. The van der Waals surface area contributed by atoms with E-state index in [9.17, 15) is 4.79 Å². The van der Waals surface area contributed by atoms with Gasteiger partial charge in [-0.1, -0.05) is 22.5 Å². The second-order valence-corrected chi connectivity index (χ2v) is 4.10. The molecule has 0 bridgehead atoms. The molecule has 1 aliphatic heterocycles. The van der Waals surface area contributed by atoms with Gasteiger partial charge in [-0.2, -0.15) is 0 Å². The lowest BCUT2D eigenvalue weighted by atomic mass is 10.2. The topological polar surface area (TPSA) is 29.5 Å². The van der Waals surface area contributed by atoms with Gasteiger partial charge in [-0.3, -0.25) is 4.79 Å². The molecule has 0 aromatic carbocycles. The van der Waals surface area contributed by atoms with Crippen LogP contribution in [0.4, 0.5) is 0 Å². The number of alkyl halides is 1. The minimum absolute atomic E-state index is 0.271. The molecule has 3 nitrogen and oxygen atoms in total. The number of hydrogen-bond acceptors (Lipinski definition) is 2. The number of nitrogens with zero attached hydrogens (tertiary/aromatic N) is 1. The Hall–Kier alpha value is -0.510. The monoisotopic (exact) mass is 261 g/mol. The van der Waals surface area contributed by atoms with Gasteiger partial charge in [0, 0.05) is 24.8 Å². The van der Waals surface area contributed by atoms with Crippen molar-refractivity contribution in [3.8, 4) is 0 Å². The van der Waals surface area contributed by atoms with Crippen LogP contribution in [0.2, 0.25) is 0 Å². The van der Waals surface area contributed by atoms with Crippen LogP contribution >= 0.6 is 15.9 Å². The zero-order valence-corrected chi connectivity index (χ0v) is 9.83. The van der Waals surface area contributed by atoms with E-state index >= 15 is 0 Å². The SMILES string of the molecule is C=COCCCN1CC(CBr)CC1=O. The molecular weight excluding hydrogens is 246 g/mol. The van der Waals surface area contributed by atoms with Crippen molar-refractivity contribution in [2.45, 2.75) is 12.8 Å². The third-order valence-corrected chi connectivity index (χ3v) is 3.24. The second kappa shape index (κ2) is 6.06. The maximum Gasteiger partial charge on any atom is 0.222 e. The maximum atomic E-state index is 11.5. The van der Waals surface area contributed by atoms with Crippen LogP contribution in [0.3, 0.4) is 0 Å². The van der Waals surface area contributed by atoms with E-state index in [2.05, 4.69) is 22.5 Å². The Morgan fingerprint density at radius 3 is 3.07 bits per heavy atom. The highest BCUT2D eigenvalue weighted by Gasteiger charge is 2.27. The summed E-state index contributed by atoms with van der Waals surface area (Å²) in [4.78, 5) is 13.4. The quantitative estimate of drug-likeness (QED) is 0.415. The van der Waals surface area contributed by atoms with Crippen LogP contribution in [0, 0.1) is 5.92 Å². The minimum Gasteiger partial charge on any atom is -0.502 e. The Kier molecular flexibility index (Phi) is 5.01. The molecule has 0 aromatic heterocycles. The molecule has 1 aliphatic rings. The number of halogens is 1. The molecule has 1 saturated heterocycles. The van der Waals surface area contributed by atoms with Gasteiger partial charge in [0.25, 0.3) is 0 Å². The first-order valence-corrected chi connectivity index (χ1v) is 5.96. The first kappa shape index (κ1) is 11.6. The molecule has 1 amide bonds. The number of carbonyl (C=O) groups is 1. The van der Waals surface area contributed by atoms with E-state index in [-0.39, 0.29) is 5.91 Å². The Balaban J connectivity index is 2.18. The standard InChI is InChI=1S/C10H16BrNO2/c1-2-14-5-3-4-12-8-9(7-11)6-10(12)13/h2,9H,1,3-8H2. The Morgan fingerprint density at radius 2 is 2.50 bits per heavy atom. The lowest BCUT2D eigenvalue weighted by molar-refractivity contribution is -0.127. The van der Waals surface area contributed by atoms with Crippen LogP contribution < -0.4 is 0 Å². The van der Waals surface area contributed by atoms with Crippen LogP contribution in [-0.2, 0) is 9.53 Å². The summed E-state index contributed by atoms with van der Waals surface area (Å²) in [6, 6.07) is 0. The van der Waals surface area contributed by atoms with Crippen LogP contribution in [0.25, 0.3) is 0 Å². The summed E-state index contributed by atoms with van der Waals surface area (Å²) < 4.78 is 5.00. The van der Waals surface area contributed by atoms with Crippen LogP contribution in [0.15, 0.2) is 12.8 Å². The van der Waals surface area contributed by atoms with Gasteiger partial charge < -0.3 is 9.64 Å². The molecule has 0 aromatic rings. The molecule has 0 saturated carbocycles. The lowest BCUT2D eigenvalue weighted by Crippen LogP contribution is -2.27. The van der Waals surface area contributed by atoms with E-state index in [0.717, 1.165) is 24.8 Å². The van der Waals surface area contributed by atoms with Gasteiger partial charge in [0.2, 0.25) is 5.91 Å². The summed E-state index contributed by atoms with van der Waals surface area (Å²) >= 11 is 3.41. The van der Waals surface area contributed by atoms with Crippen LogP contribution in [0.5, 0.6) is 0 Å². The van der Waals surface area contributed by atoms with E-state index in [4.69, 9.17) is 4.74 Å². The number of rotatable bonds is 6. The van der Waals surface area contributed by atoms with Crippen molar-refractivity contribution in [2.24, 2.45) is 5.92 Å². The fourth-order valence-electron chi connectivity index (χ4n) is 1.60. The van der Waals surface area contributed by atoms with E-state index in [1.807, 2.05) is 4.90 Å². The summed E-state index contributed by atoms with van der Waals surface area (Å²) in [5, 5.41) is 0.915. The molecule has 0 spiro atoms. The normalized spacial score (nSPS) is 21.4. The fraction of sp³-hybridized carbons (Fsp3) is 0.700. The summed E-state index contributed by atoms with van der Waals surface area (Å²) in [5.74, 6) is 0.760. The highest BCUT2D eigenvalue weighted by atomic mass is 79.9. The van der Waals surface area contributed by atoms with E-state index < -0.39 is 0 Å². The van der Waals surface area contributed by atoms with Crippen molar-refractivity contribution in [3.63, 3.8) is 0 Å². The average Bonchev–Trinajstić information content (AvgIpc) is 2.54. The van der Waals surface area contributed by atoms with Crippen molar-refractivity contribution in [2.75, 3.05) is 25.0 Å². The molecule has 0 aliphatic carbocycles. The van der Waals surface area contributed by atoms with Gasteiger partial charge in [0.1, 0.15) is 0 Å². The molecule has 80 valence electrons. The molecule has 0 radical (unpaired) electrons. The molecule has 4 heteroatoms. The number of carbonyl (C=O) groups excluding carboxylic acids is 1. The van der Waals surface area contributed by atoms with Crippen molar-refractivity contribution >= 4 is 21.8 Å². The highest BCUT2D eigenvalue weighted by Crippen LogP contribution is 2.19. The second-order valence-electron chi connectivity index (χ2n) is 3.46. The fourth-order valence-corrected chi connectivity index (χ4v) is 2.03. The summed E-state index contributed by atoms with van der Waals surface area (Å²) in [6.45, 7) is 5.80.